The number of aromatic amines is 1. The van der Waals surface area contributed by atoms with E-state index in [4.69, 9.17) is 4.42 Å². The van der Waals surface area contributed by atoms with Crippen LogP contribution >= 0.6 is 0 Å². The van der Waals surface area contributed by atoms with Gasteiger partial charge in [0.2, 0.25) is 0 Å². The number of Topliss-reactive ketones (excluding diaryl/α,β-unsaturated/α-hetero) is 1. The average Bonchev–Trinajstić information content (AvgIpc) is 3.50. The lowest BCUT2D eigenvalue weighted by Crippen LogP contribution is -2.29. The molecule has 0 radical (unpaired) electrons. The van der Waals surface area contributed by atoms with E-state index in [1.165, 1.54) is 23.3 Å². The summed E-state index contributed by atoms with van der Waals surface area (Å²) in [6, 6.07) is 16.2. The fourth-order valence-corrected chi connectivity index (χ4v) is 4.03. The molecule has 7 heteroatoms. The molecule has 2 aromatic heterocycles. The van der Waals surface area contributed by atoms with Gasteiger partial charge < -0.3 is 24.5 Å². The number of ketones is 1. The van der Waals surface area contributed by atoms with Crippen LogP contribution in [-0.4, -0.2) is 31.8 Å². The van der Waals surface area contributed by atoms with E-state index < -0.39 is 17.7 Å². The number of furan rings is 1. The van der Waals surface area contributed by atoms with Crippen molar-refractivity contribution < 1.29 is 24.2 Å². The molecule has 0 saturated carbocycles. The van der Waals surface area contributed by atoms with Gasteiger partial charge in [-0.25, -0.2) is 0 Å². The van der Waals surface area contributed by atoms with Gasteiger partial charge in [-0.2, -0.15) is 0 Å². The van der Waals surface area contributed by atoms with Crippen molar-refractivity contribution in [1.29, 1.82) is 0 Å². The highest BCUT2D eigenvalue weighted by atomic mass is 16.3. The second-order valence-corrected chi connectivity index (χ2v) is 7.35. The largest absolute Gasteiger partial charge is 0.508 e. The smallest absolute Gasteiger partial charge is 0.296 e. The van der Waals surface area contributed by atoms with Crippen molar-refractivity contribution >= 4 is 28.4 Å². The number of rotatable bonds is 4. The highest BCUT2D eigenvalue weighted by molar-refractivity contribution is 6.46. The van der Waals surface area contributed by atoms with Crippen LogP contribution in [0.3, 0.4) is 0 Å². The van der Waals surface area contributed by atoms with E-state index in [2.05, 4.69) is 4.98 Å². The Morgan fingerprint density at radius 3 is 2.55 bits per heavy atom. The van der Waals surface area contributed by atoms with Crippen molar-refractivity contribution in [2.75, 3.05) is 0 Å². The van der Waals surface area contributed by atoms with Gasteiger partial charge in [0.05, 0.1) is 24.4 Å². The topological polar surface area (TPSA) is 107 Å². The Kier molecular flexibility index (Phi) is 4.36. The van der Waals surface area contributed by atoms with Crippen LogP contribution in [0.15, 0.2) is 83.1 Å². The van der Waals surface area contributed by atoms with Crippen LogP contribution in [0.5, 0.6) is 5.75 Å². The molecule has 7 nitrogen and oxygen atoms in total. The Labute approximate surface area is 176 Å². The number of fused-ring (bicyclic) bond motifs is 1. The number of phenolic OH excluding ortho intramolecular Hbond substituents is 1. The molecule has 1 saturated heterocycles. The second-order valence-electron chi connectivity index (χ2n) is 7.35. The van der Waals surface area contributed by atoms with Gasteiger partial charge in [0, 0.05) is 22.7 Å². The molecule has 0 bridgehead atoms. The minimum atomic E-state index is -0.834. The summed E-state index contributed by atoms with van der Waals surface area (Å²) < 4.78 is 5.38. The maximum Gasteiger partial charge on any atom is 0.296 e. The average molecular weight is 414 g/mol. The Bertz CT molecular complexity index is 1320. The number of carbonyl (C=O) groups excluding carboxylic acids is 2. The van der Waals surface area contributed by atoms with E-state index in [9.17, 15) is 19.8 Å². The number of amides is 1. The number of phenols is 1. The number of hydrogen-bond donors (Lipinski definition) is 3. The summed E-state index contributed by atoms with van der Waals surface area (Å²) in [5.74, 6) is -1.18. The number of aromatic hydroxyl groups is 1. The fourth-order valence-electron chi connectivity index (χ4n) is 4.03. The molecule has 1 atom stereocenters. The van der Waals surface area contributed by atoms with Crippen molar-refractivity contribution in [3.05, 3.63) is 95.6 Å². The molecule has 1 amide bonds. The van der Waals surface area contributed by atoms with Crippen LogP contribution in [0.25, 0.3) is 16.7 Å². The highest BCUT2D eigenvalue weighted by Crippen LogP contribution is 2.41. The zero-order valence-electron chi connectivity index (χ0n) is 16.3. The predicted molar refractivity (Wildman–Crippen MR) is 113 cm³/mol. The number of para-hydroxylation sites is 1. The van der Waals surface area contributed by atoms with Gasteiger partial charge >= 0.3 is 0 Å². The van der Waals surface area contributed by atoms with Crippen LogP contribution in [-0.2, 0) is 16.1 Å². The SMILES string of the molecule is O=C1C(=O)N(Cc2ccco2)C(c2ccc(O)cc2)/C1=C(/O)c1c[nH]c2ccccc12. The first-order valence-electron chi connectivity index (χ1n) is 9.71. The standard InChI is InChI=1S/C24H18N2O5/c27-15-9-7-14(8-10-15)21-20(22(28)18-12-25-19-6-2-1-5-17(18)19)23(29)24(30)26(21)13-16-4-3-11-31-16/h1-12,21,25,27-28H,13H2/b22-20-. The van der Waals surface area contributed by atoms with Crippen LogP contribution in [0, 0.1) is 0 Å². The first-order chi connectivity index (χ1) is 15.0. The number of nitrogens with one attached hydrogen (secondary N) is 1. The van der Waals surface area contributed by atoms with Crippen molar-refractivity contribution in [1.82, 2.24) is 9.88 Å². The summed E-state index contributed by atoms with van der Waals surface area (Å²) in [6.45, 7) is 0.0633. The molecule has 1 aliphatic rings. The number of nitrogens with zero attached hydrogens (tertiary/aromatic N) is 1. The molecule has 1 unspecified atom stereocenters. The number of likely N-dealkylation sites (tertiary alicyclic amines) is 1. The van der Waals surface area contributed by atoms with Gasteiger partial charge in [-0.3, -0.25) is 9.59 Å². The van der Waals surface area contributed by atoms with E-state index >= 15 is 0 Å². The normalized spacial score (nSPS) is 18.2. The third-order valence-electron chi connectivity index (χ3n) is 5.50. The lowest BCUT2D eigenvalue weighted by molar-refractivity contribution is -0.140. The molecule has 0 aliphatic carbocycles. The molecule has 5 rings (SSSR count). The molecule has 1 aliphatic heterocycles. The minimum absolute atomic E-state index is 0.00741. The van der Waals surface area contributed by atoms with Gasteiger partial charge in [0.1, 0.15) is 17.3 Å². The molecular weight excluding hydrogens is 396 g/mol. The number of H-pyrrole nitrogens is 1. The van der Waals surface area contributed by atoms with Gasteiger partial charge in [0.25, 0.3) is 11.7 Å². The quantitative estimate of drug-likeness (QED) is 0.265. The number of aliphatic hydroxyl groups is 1. The van der Waals surface area contributed by atoms with E-state index in [1.54, 1.807) is 30.5 Å². The van der Waals surface area contributed by atoms with E-state index in [0.29, 0.717) is 16.9 Å². The van der Waals surface area contributed by atoms with E-state index in [-0.39, 0.29) is 23.6 Å². The fraction of sp³-hybridized carbons (Fsp3) is 0.0833. The number of carbonyl (C=O) groups is 2. The van der Waals surface area contributed by atoms with Gasteiger partial charge in [-0.1, -0.05) is 30.3 Å². The number of aliphatic hydroxyl groups excluding tert-OH is 1. The summed E-state index contributed by atoms with van der Waals surface area (Å²) in [4.78, 5) is 30.5. The summed E-state index contributed by atoms with van der Waals surface area (Å²) in [5, 5.41) is 21.6. The van der Waals surface area contributed by atoms with Crippen molar-refractivity contribution in [3.8, 4) is 5.75 Å². The predicted octanol–water partition coefficient (Wildman–Crippen LogP) is 4.09. The highest BCUT2D eigenvalue weighted by Gasteiger charge is 2.46. The molecule has 1 fully saturated rings. The Balaban J connectivity index is 1.69. The van der Waals surface area contributed by atoms with E-state index in [0.717, 1.165) is 10.9 Å². The van der Waals surface area contributed by atoms with Gasteiger partial charge in [-0.05, 0) is 35.9 Å². The molecule has 31 heavy (non-hydrogen) atoms. The summed E-state index contributed by atoms with van der Waals surface area (Å²) in [6.07, 6.45) is 3.11. The van der Waals surface area contributed by atoms with Crippen molar-refractivity contribution in [3.63, 3.8) is 0 Å². The maximum atomic E-state index is 13.1. The molecule has 3 heterocycles. The van der Waals surface area contributed by atoms with Crippen LogP contribution in [0.1, 0.15) is 22.9 Å². The van der Waals surface area contributed by atoms with Crippen molar-refractivity contribution in [2.24, 2.45) is 0 Å². The number of hydrogen-bond acceptors (Lipinski definition) is 5. The van der Waals surface area contributed by atoms with E-state index in [1.807, 2.05) is 24.3 Å². The first-order valence-corrected chi connectivity index (χ1v) is 9.71. The van der Waals surface area contributed by atoms with Crippen LogP contribution in [0.4, 0.5) is 0 Å². The summed E-state index contributed by atoms with van der Waals surface area (Å²) >= 11 is 0. The first kappa shape index (κ1) is 18.7. The second kappa shape index (κ2) is 7.21. The monoisotopic (exact) mass is 414 g/mol. The molecule has 0 spiro atoms. The van der Waals surface area contributed by atoms with Crippen LogP contribution < -0.4 is 0 Å². The minimum Gasteiger partial charge on any atom is -0.508 e. The summed E-state index contributed by atoms with van der Waals surface area (Å²) in [7, 11) is 0. The van der Waals surface area contributed by atoms with Gasteiger partial charge in [-0.15, -0.1) is 0 Å². The third-order valence-corrected chi connectivity index (χ3v) is 5.50. The molecule has 154 valence electrons. The molecular formula is C24H18N2O5. The lowest BCUT2D eigenvalue weighted by Gasteiger charge is -2.24. The Hall–Kier alpha value is -4.26. The van der Waals surface area contributed by atoms with Crippen LogP contribution in [0.2, 0.25) is 0 Å². The molecule has 3 N–H and O–H groups in total. The van der Waals surface area contributed by atoms with Crippen molar-refractivity contribution in [2.45, 2.75) is 12.6 Å². The number of aromatic nitrogens is 1. The maximum absolute atomic E-state index is 13.1. The number of benzene rings is 2. The molecule has 2 aromatic carbocycles. The Morgan fingerprint density at radius 1 is 1.03 bits per heavy atom. The third kappa shape index (κ3) is 3.07. The van der Waals surface area contributed by atoms with Gasteiger partial charge in [0.15, 0.2) is 0 Å². The zero-order chi connectivity index (χ0) is 21.5. The lowest BCUT2D eigenvalue weighted by atomic mass is 9.95. The Morgan fingerprint density at radius 2 is 1.81 bits per heavy atom. The molecule has 4 aromatic rings. The zero-order valence-corrected chi connectivity index (χ0v) is 16.3. The summed E-state index contributed by atoms with van der Waals surface area (Å²) in [5.41, 5.74) is 1.82.